The Morgan fingerprint density at radius 3 is 3.00 bits per heavy atom. The summed E-state index contributed by atoms with van der Waals surface area (Å²) in [5.41, 5.74) is 1.80. The first-order chi connectivity index (χ1) is 10.1. The molecule has 3 aromatic heterocycles. The number of aromatic nitrogens is 6. The number of aryl methyl sites for hydroxylation is 1. The maximum absolute atomic E-state index is 11.9. The molecule has 0 aliphatic rings. The van der Waals surface area contributed by atoms with Gasteiger partial charge in [-0.25, -0.2) is 0 Å². The van der Waals surface area contributed by atoms with Gasteiger partial charge < -0.3 is 9.73 Å². The predicted molar refractivity (Wildman–Crippen MR) is 72.2 cm³/mol. The second kappa shape index (κ2) is 5.19. The summed E-state index contributed by atoms with van der Waals surface area (Å²) in [7, 11) is 0. The van der Waals surface area contributed by atoms with Gasteiger partial charge in [0.2, 0.25) is 11.7 Å². The van der Waals surface area contributed by atoms with Gasteiger partial charge in [0.15, 0.2) is 11.6 Å². The van der Waals surface area contributed by atoms with Crippen LogP contribution in [-0.4, -0.2) is 36.3 Å². The molecule has 108 valence electrons. The van der Waals surface area contributed by atoms with Crippen LogP contribution in [0, 0.1) is 13.8 Å². The van der Waals surface area contributed by atoms with Gasteiger partial charge in [0.1, 0.15) is 6.54 Å². The minimum absolute atomic E-state index is 0.0565. The van der Waals surface area contributed by atoms with Crippen LogP contribution in [0.25, 0.3) is 11.6 Å². The maximum atomic E-state index is 11.9. The number of carbonyl (C=O) groups excluding carboxylic acids is 1. The number of furan rings is 1. The van der Waals surface area contributed by atoms with E-state index in [9.17, 15) is 4.79 Å². The quantitative estimate of drug-likeness (QED) is 0.737. The molecule has 3 heterocycles. The summed E-state index contributed by atoms with van der Waals surface area (Å²) in [6.45, 7) is 3.70. The highest BCUT2D eigenvalue weighted by Gasteiger charge is 2.13. The molecule has 0 saturated carbocycles. The second-order valence-corrected chi connectivity index (χ2v) is 4.49. The number of anilines is 1. The van der Waals surface area contributed by atoms with E-state index < -0.39 is 0 Å². The average Bonchev–Trinajstić information content (AvgIpc) is 3.16. The smallest absolute Gasteiger partial charge is 0.249 e. The summed E-state index contributed by atoms with van der Waals surface area (Å²) >= 11 is 0. The zero-order valence-corrected chi connectivity index (χ0v) is 11.5. The third-order valence-corrected chi connectivity index (χ3v) is 2.99. The van der Waals surface area contributed by atoms with Crippen LogP contribution < -0.4 is 5.32 Å². The van der Waals surface area contributed by atoms with Gasteiger partial charge in [0.25, 0.3) is 0 Å². The highest BCUT2D eigenvalue weighted by atomic mass is 16.3. The monoisotopic (exact) mass is 287 g/mol. The summed E-state index contributed by atoms with van der Waals surface area (Å²) in [5.74, 6) is 1.05. The lowest BCUT2D eigenvalue weighted by Gasteiger charge is -2.01. The average molecular weight is 287 g/mol. The van der Waals surface area contributed by atoms with Crippen molar-refractivity contribution in [1.29, 1.82) is 0 Å². The van der Waals surface area contributed by atoms with E-state index in [-0.39, 0.29) is 12.5 Å². The van der Waals surface area contributed by atoms with Crippen molar-refractivity contribution in [2.24, 2.45) is 0 Å². The van der Waals surface area contributed by atoms with Crippen molar-refractivity contribution < 1.29 is 9.21 Å². The molecule has 0 aliphatic heterocycles. The number of hydrogen-bond acceptors (Lipinski definition) is 6. The van der Waals surface area contributed by atoms with Crippen LogP contribution in [0.1, 0.15) is 11.3 Å². The van der Waals surface area contributed by atoms with Gasteiger partial charge in [-0.1, -0.05) is 0 Å². The molecule has 0 spiro atoms. The first kappa shape index (κ1) is 13.0. The number of tetrazole rings is 1. The van der Waals surface area contributed by atoms with Crippen LogP contribution in [-0.2, 0) is 11.3 Å². The number of carbonyl (C=O) groups is 1. The van der Waals surface area contributed by atoms with Crippen molar-refractivity contribution in [3.05, 3.63) is 29.7 Å². The van der Waals surface area contributed by atoms with Gasteiger partial charge in [0.05, 0.1) is 6.26 Å². The fourth-order valence-electron chi connectivity index (χ4n) is 1.72. The van der Waals surface area contributed by atoms with E-state index in [0.717, 1.165) is 11.3 Å². The van der Waals surface area contributed by atoms with Gasteiger partial charge in [-0.15, -0.1) is 10.2 Å². The molecule has 9 nitrogen and oxygen atoms in total. The van der Waals surface area contributed by atoms with Crippen molar-refractivity contribution in [1.82, 2.24) is 30.4 Å². The van der Waals surface area contributed by atoms with Gasteiger partial charge in [0, 0.05) is 11.3 Å². The lowest BCUT2D eigenvalue weighted by atomic mass is 10.3. The Kier molecular flexibility index (Phi) is 3.22. The number of nitrogens with one attached hydrogen (secondary N) is 2. The third-order valence-electron chi connectivity index (χ3n) is 2.99. The Hall–Kier alpha value is -2.97. The Balaban J connectivity index is 1.67. The van der Waals surface area contributed by atoms with Crippen molar-refractivity contribution in [3.8, 4) is 11.6 Å². The van der Waals surface area contributed by atoms with Gasteiger partial charge in [-0.2, -0.15) is 9.90 Å². The first-order valence-corrected chi connectivity index (χ1v) is 6.26. The van der Waals surface area contributed by atoms with E-state index in [1.165, 1.54) is 11.1 Å². The minimum atomic E-state index is -0.284. The molecule has 3 aromatic rings. The topological polar surface area (TPSA) is 115 Å². The molecule has 0 radical (unpaired) electrons. The van der Waals surface area contributed by atoms with Crippen LogP contribution in [0.4, 0.5) is 5.82 Å². The SMILES string of the molecule is Cc1[nH]nc(NC(=O)Cn2nnc(-c3ccco3)n2)c1C. The van der Waals surface area contributed by atoms with Crippen molar-refractivity contribution in [2.45, 2.75) is 20.4 Å². The molecule has 1 amide bonds. The summed E-state index contributed by atoms with van der Waals surface area (Å²) < 4.78 is 5.16. The normalized spacial score (nSPS) is 10.8. The first-order valence-electron chi connectivity index (χ1n) is 6.26. The van der Waals surface area contributed by atoms with E-state index in [1.54, 1.807) is 12.1 Å². The number of amides is 1. The molecule has 2 N–H and O–H groups in total. The Morgan fingerprint density at radius 2 is 2.33 bits per heavy atom. The van der Waals surface area contributed by atoms with Gasteiger partial charge in [-0.3, -0.25) is 9.89 Å². The molecule has 0 bridgehead atoms. The Bertz CT molecular complexity index is 757. The van der Waals surface area contributed by atoms with Crippen LogP contribution in [0.15, 0.2) is 22.8 Å². The Labute approximate surface area is 119 Å². The third kappa shape index (κ3) is 2.66. The molecular weight excluding hydrogens is 274 g/mol. The summed E-state index contributed by atoms with van der Waals surface area (Å²) in [5, 5.41) is 21.2. The van der Waals surface area contributed by atoms with E-state index in [0.29, 0.717) is 17.4 Å². The summed E-state index contributed by atoms with van der Waals surface area (Å²) in [6.07, 6.45) is 1.52. The molecule has 0 fully saturated rings. The molecule has 3 rings (SSSR count). The molecule has 21 heavy (non-hydrogen) atoms. The molecule has 9 heteroatoms. The van der Waals surface area contributed by atoms with Crippen molar-refractivity contribution in [3.63, 3.8) is 0 Å². The zero-order valence-electron chi connectivity index (χ0n) is 11.5. The van der Waals surface area contributed by atoms with Crippen molar-refractivity contribution in [2.75, 3.05) is 5.32 Å². The van der Waals surface area contributed by atoms with E-state index in [2.05, 4.69) is 30.9 Å². The van der Waals surface area contributed by atoms with Crippen LogP contribution in [0.2, 0.25) is 0 Å². The van der Waals surface area contributed by atoms with Crippen LogP contribution in [0.5, 0.6) is 0 Å². The second-order valence-electron chi connectivity index (χ2n) is 4.49. The number of nitrogens with zero attached hydrogens (tertiary/aromatic N) is 5. The highest BCUT2D eigenvalue weighted by Crippen LogP contribution is 2.14. The fraction of sp³-hybridized carbons (Fsp3) is 0.250. The van der Waals surface area contributed by atoms with Crippen LogP contribution in [0.3, 0.4) is 0 Å². The zero-order chi connectivity index (χ0) is 14.8. The Morgan fingerprint density at radius 1 is 1.48 bits per heavy atom. The molecule has 0 aliphatic carbocycles. The number of aromatic amines is 1. The van der Waals surface area contributed by atoms with Crippen molar-refractivity contribution >= 4 is 11.7 Å². The number of hydrogen-bond donors (Lipinski definition) is 2. The van der Waals surface area contributed by atoms with E-state index in [1.807, 2.05) is 13.8 Å². The molecule has 0 aromatic carbocycles. The molecule has 0 unspecified atom stereocenters. The lowest BCUT2D eigenvalue weighted by molar-refractivity contribution is -0.117. The maximum Gasteiger partial charge on any atom is 0.249 e. The van der Waals surface area contributed by atoms with E-state index in [4.69, 9.17) is 4.42 Å². The fourth-order valence-corrected chi connectivity index (χ4v) is 1.72. The standard InChI is InChI=1S/C12H13N7O2/c1-7-8(2)14-15-11(7)13-10(20)6-19-17-12(16-18-19)9-4-3-5-21-9/h3-5H,6H2,1-2H3,(H2,13,14,15,20). The minimum Gasteiger partial charge on any atom is -0.461 e. The summed E-state index contributed by atoms with van der Waals surface area (Å²) in [4.78, 5) is 13.1. The summed E-state index contributed by atoms with van der Waals surface area (Å²) in [6, 6.07) is 3.45. The van der Waals surface area contributed by atoms with Gasteiger partial charge in [-0.05, 0) is 31.2 Å². The van der Waals surface area contributed by atoms with Gasteiger partial charge >= 0.3 is 0 Å². The number of rotatable bonds is 4. The molecule has 0 saturated heterocycles. The predicted octanol–water partition coefficient (Wildman–Crippen LogP) is 0.912. The largest absolute Gasteiger partial charge is 0.461 e. The molecular formula is C12H13N7O2. The van der Waals surface area contributed by atoms with Crippen LogP contribution >= 0.6 is 0 Å². The highest BCUT2D eigenvalue weighted by molar-refractivity contribution is 5.90. The number of H-pyrrole nitrogens is 1. The van der Waals surface area contributed by atoms with E-state index >= 15 is 0 Å². The molecule has 0 atom stereocenters. The lowest BCUT2D eigenvalue weighted by Crippen LogP contribution is -2.21.